The van der Waals surface area contributed by atoms with E-state index < -0.39 is 5.25 Å². The number of rotatable bonds is 6. The molecular formula is C17H15FN4O2S. The van der Waals surface area contributed by atoms with Crippen molar-refractivity contribution >= 4 is 17.5 Å². The molecule has 6 nitrogen and oxygen atoms in total. The van der Waals surface area contributed by atoms with Gasteiger partial charge in [0.15, 0.2) is 5.78 Å². The monoisotopic (exact) mass is 358 g/mol. The molecule has 2 aromatic carbocycles. The third-order valence-electron chi connectivity index (χ3n) is 3.53. The Bertz CT molecular complexity index is 882. The fourth-order valence-electron chi connectivity index (χ4n) is 2.27. The second-order valence-corrected chi connectivity index (χ2v) is 6.48. The van der Waals surface area contributed by atoms with Crippen LogP contribution >= 0.6 is 11.8 Å². The first-order valence-electron chi connectivity index (χ1n) is 7.48. The molecule has 8 heteroatoms. The summed E-state index contributed by atoms with van der Waals surface area (Å²) >= 11 is 1.23. The molecule has 0 bridgehead atoms. The normalized spacial score (nSPS) is 12.0. The van der Waals surface area contributed by atoms with Crippen molar-refractivity contribution < 1.29 is 13.9 Å². The summed E-state index contributed by atoms with van der Waals surface area (Å²) in [6.45, 7) is 1.76. The number of thioether (sulfide) groups is 1. The Morgan fingerprint density at radius 2 is 1.92 bits per heavy atom. The highest BCUT2D eigenvalue weighted by Crippen LogP contribution is 2.28. The Morgan fingerprint density at radius 1 is 1.20 bits per heavy atom. The molecule has 0 saturated carbocycles. The number of Topliss-reactive ketones (excluding diaryl/α,β-unsaturated/α-hetero) is 1. The Balaban J connectivity index is 1.83. The maximum Gasteiger partial charge on any atom is 0.214 e. The largest absolute Gasteiger partial charge is 0.494 e. The molecule has 0 saturated heterocycles. The fraction of sp³-hybridized carbons (Fsp3) is 0.176. The number of methoxy groups -OCH3 is 1. The van der Waals surface area contributed by atoms with E-state index in [0.717, 1.165) is 0 Å². The van der Waals surface area contributed by atoms with Crippen molar-refractivity contribution in [3.05, 3.63) is 59.9 Å². The van der Waals surface area contributed by atoms with E-state index >= 15 is 0 Å². The highest BCUT2D eigenvalue weighted by molar-refractivity contribution is 8.00. The van der Waals surface area contributed by atoms with Crippen LogP contribution in [0.5, 0.6) is 5.75 Å². The summed E-state index contributed by atoms with van der Waals surface area (Å²) in [5, 5.41) is 11.7. The summed E-state index contributed by atoms with van der Waals surface area (Å²) in [5.74, 6) is 0.116. The van der Waals surface area contributed by atoms with Crippen LogP contribution in [-0.2, 0) is 0 Å². The Morgan fingerprint density at radius 3 is 2.64 bits per heavy atom. The van der Waals surface area contributed by atoms with Gasteiger partial charge < -0.3 is 4.74 Å². The number of hydrogen-bond acceptors (Lipinski definition) is 6. The molecule has 0 aliphatic carbocycles. The van der Waals surface area contributed by atoms with Crippen LogP contribution in [0.15, 0.2) is 53.7 Å². The summed E-state index contributed by atoms with van der Waals surface area (Å²) < 4.78 is 19.9. The van der Waals surface area contributed by atoms with E-state index in [9.17, 15) is 9.18 Å². The third-order valence-corrected chi connectivity index (χ3v) is 4.57. The molecule has 0 amide bonds. The minimum Gasteiger partial charge on any atom is -0.494 e. The molecule has 1 aromatic heterocycles. The molecule has 1 heterocycles. The van der Waals surface area contributed by atoms with Gasteiger partial charge in [0.1, 0.15) is 17.3 Å². The van der Waals surface area contributed by atoms with Crippen LogP contribution in [0, 0.1) is 5.82 Å². The van der Waals surface area contributed by atoms with E-state index in [4.69, 9.17) is 4.74 Å². The minimum absolute atomic E-state index is 0.125. The Hall–Kier alpha value is -2.74. The van der Waals surface area contributed by atoms with Crippen molar-refractivity contribution in [1.82, 2.24) is 20.2 Å². The molecule has 0 spiro atoms. The molecule has 1 atom stereocenters. The predicted octanol–water partition coefficient (Wildman–Crippen LogP) is 3.17. The van der Waals surface area contributed by atoms with E-state index in [1.165, 1.54) is 40.7 Å². The van der Waals surface area contributed by atoms with Crippen LogP contribution in [0.4, 0.5) is 4.39 Å². The van der Waals surface area contributed by atoms with E-state index in [2.05, 4.69) is 15.5 Å². The number of ether oxygens (including phenoxy) is 1. The van der Waals surface area contributed by atoms with Gasteiger partial charge in [0.25, 0.3) is 0 Å². The van der Waals surface area contributed by atoms with Crippen LogP contribution < -0.4 is 4.74 Å². The van der Waals surface area contributed by atoms with Gasteiger partial charge in [-0.05, 0) is 53.7 Å². The number of tetrazole rings is 1. The van der Waals surface area contributed by atoms with Gasteiger partial charge in [-0.2, -0.15) is 4.68 Å². The van der Waals surface area contributed by atoms with Gasteiger partial charge in [0.05, 0.1) is 12.4 Å². The number of halogens is 1. The molecule has 0 aliphatic rings. The lowest BCUT2D eigenvalue weighted by Gasteiger charge is -2.12. The van der Waals surface area contributed by atoms with E-state index in [-0.39, 0.29) is 11.6 Å². The SMILES string of the molecule is COc1ccccc1-n1nnnc1SC(C)C(=O)c1ccc(F)cc1. The zero-order valence-corrected chi connectivity index (χ0v) is 14.4. The molecular weight excluding hydrogens is 343 g/mol. The number of carbonyl (C=O) groups is 1. The average Bonchev–Trinajstić information content (AvgIpc) is 3.09. The molecule has 0 aliphatic heterocycles. The lowest BCUT2D eigenvalue weighted by atomic mass is 10.1. The van der Waals surface area contributed by atoms with Crippen LogP contribution in [0.1, 0.15) is 17.3 Å². The number of para-hydroxylation sites is 2. The standard InChI is InChI=1S/C17H15FN4O2S/c1-11(16(23)12-7-9-13(18)10-8-12)25-17-19-20-21-22(17)14-5-3-4-6-15(14)24-2/h3-11H,1-2H3. The molecule has 0 N–H and O–H groups in total. The van der Waals surface area contributed by atoms with E-state index in [0.29, 0.717) is 22.2 Å². The van der Waals surface area contributed by atoms with Gasteiger partial charge in [-0.25, -0.2) is 4.39 Å². The fourth-order valence-corrected chi connectivity index (χ4v) is 3.15. The van der Waals surface area contributed by atoms with Crippen molar-refractivity contribution in [1.29, 1.82) is 0 Å². The third kappa shape index (κ3) is 3.69. The first-order valence-corrected chi connectivity index (χ1v) is 8.36. The molecule has 0 fully saturated rings. The van der Waals surface area contributed by atoms with Crippen molar-refractivity contribution in [3.8, 4) is 11.4 Å². The lowest BCUT2D eigenvalue weighted by molar-refractivity contribution is 0.0994. The van der Waals surface area contributed by atoms with E-state index in [1.54, 1.807) is 20.1 Å². The van der Waals surface area contributed by atoms with E-state index in [1.807, 2.05) is 18.2 Å². The zero-order valence-electron chi connectivity index (χ0n) is 13.6. The van der Waals surface area contributed by atoms with Crippen LogP contribution in [-0.4, -0.2) is 38.4 Å². The average molecular weight is 358 g/mol. The van der Waals surface area contributed by atoms with Crippen LogP contribution in [0.25, 0.3) is 5.69 Å². The number of carbonyl (C=O) groups excluding carboxylic acids is 1. The number of aromatic nitrogens is 4. The number of ketones is 1. The summed E-state index contributed by atoms with van der Waals surface area (Å²) in [5.41, 5.74) is 1.12. The number of nitrogens with zero attached hydrogens (tertiary/aromatic N) is 4. The first-order chi connectivity index (χ1) is 12.1. The highest BCUT2D eigenvalue weighted by atomic mass is 32.2. The Labute approximate surface area is 148 Å². The molecule has 0 radical (unpaired) electrons. The number of benzene rings is 2. The highest BCUT2D eigenvalue weighted by Gasteiger charge is 2.21. The second-order valence-electron chi connectivity index (χ2n) is 5.18. The van der Waals surface area contributed by atoms with Gasteiger partial charge in [0, 0.05) is 5.56 Å². The van der Waals surface area contributed by atoms with Crippen LogP contribution in [0.3, 0.4) is 0 Å². The summed E-state index contributed by atoms with van der Waals surface area (Å²) in [7, 11) is 1.57. The Kier molecular flexibility index (Phi) is 5.08. The van der Waals surface area contributed by atoms with Gasteiger partial charge in [-0.3, -0.25) is 4.79 Å². The lowest BCUT2D eigenvalue weighted by Crippen LogP contribution is -2.15. The molecule has 3 rings (SSSR count). The zero-order chi connectivity index (χ0) is 17.8. The van der Waals surface area contributed by atoms with Crippen molar-refractivity contribution in [2.24, 2.45) is 0 Å². The van der Waals surface area contributed by atoms with Gasteiger partial charge in [-0.15, -0.1) is 5.10 Å². The maximum atomic E-state index is 13.0. The molecule has 25 heavy (non-hydrogen) atoms. The topological polar surface area (TPSA) is 69.9 Å². The quantitative estimate of drug-likeness (QED) is 0.498. The molecule has 128 valence electrons. The minimum atomic E-state index is -0.440. The summed E-state index contributed by atoms with van der Waals surface area (Å²) in [6, 6.07) is 12.8. The molecule has 3 aromatic rings. The first kappa shape index (κ1) is 17.1. The predicted molar refractivity (Wildman–Crippen MR) is 91.8 cm³/mol. The molecule has 1 unspecified atom stereocenters. The van der Waals surface area contributed by atoms with Crippen molar-refractivity contribution in [3.63, 3.8) is 0 Å². The summed E-state index contributed by atoms with van der Waals surface area (Å²) in [4.78, 5) is 12.5. The summed E-state index contributed by atoms with van der Waals surface area (Å²) in [6.07, 6.45) is 0. The number of hydrogen-bond donors (Lipinski definition) is 0. The van der Waals surface area contributed by atoms with Gasteiger partial charge in [0.2, 0.25) is 5.16 Å². The van der Waals surface area contributed by atoms with Gasteiger partial charge in [-0.1, -0.05) is 23.9 Å². The smallest absolute Gasteiger partial charge is 0.214 e. The van der Waals surface area contributed by atoms with Gasteiger partial charge >= 0.3 is 0 Å². The second kappa shape index (κ2) is 7.43. The van der Waals surface area contributed by atoms with Crippen molar-refractivity contribution in [2.75, 3.05) is 7.11 Å². The maximum absolute atomic E-state index is 13.0. The van der Waals surface area contributed by atoms with Crippen molar-refractivity contribution in [2.45, 2.75) is 17.3 Å². The van der Waals surface area contributed by atoms with Crippen LogP contribution in [0.2, 0.25) is 0 Å².